The third-order valence-corrected chi connectivity index (χ3v) is 3.73. The zero-order valence-corrected chi connectivity index (χ0v) is 12.4. The molecule has 2 aromatic heterocycles. The Morgan fingerprint density at radius 2 is 1.81 bits per heavy atom. The molecule has 6 heteroatoms. The average Bonchev–Trinajstić information content (AvgIpc) is 2.55. The minimum Gasteiger partial charge on any atom is -0.481 e. The van der Waals surface area contributed by atoms with Gasteiger partial charge in [-0.25, -0.2) is 0 Å². The summed E-state index contributed by atoms with van der Waals surface area (Å²) in [5.41, 5.74) is 1.85. The van der Waals surface area contributed by atoms with Gasteiger partial charge in [0.25, 0.3) is 0 Å². The van der Waals surface area contributed by atoms with E-state index in [4.69, 9.17) is 9.47 Å². The second kappa shape index (κ2) is 6.24. The summed E-state index contributed by atoms with van der Waals surface area (Å²) in [6.45, 7) is 5.05. The fourth-order valence-corrected chi connectivity index (χ4v) is 2.59. The quantitative estimate of drug-likeness (QED) is 0.907. The molecule has 6 nitrogen and oxygen atoms in total. The van der Waals surface area contributed by atoms with Crippen LogP contribution in [0.3, 0.4) is 0 Å². The standard InChI is InChI=1S/C15H20N4O2/c1-20-13-4-3-12-11(10-19-7-5-16-6-8-19)9-14(21-2)18-15(12)17-13/h3-4,9,16H,5-8,10H2,1-2H3. The van der Waals surface area contributed by atoms with E-state index in [-0.39, 0.29) is 0 Å². The topological polar surface area (TPSA) is 59.5 Å². The van der Waals surface area contributed by atoms with Gasteiger partial charge in [0.15, 0.2) is 5.65 Å². The van der Waals surface area contributed by atoms with Gasteiger partial charge in [-0.2, -0.15) is 9.97 Å². The van der Waals surface area contributed by atoms with Gasteiger partial charge in [-0.3, -0.25) is 4.90 Å². The molecule has 1 N–H and O–H groups in total. The lowest BCUT2D eigenvalue weighted by Crippen LogP contribution is -2.42. The number of aromatic nitrogens is 2. The first-order valence-electron chi connectivity index (χ1n) is 7.12. The van der Waals surface area contributed by atoms with Gasteiger partial charge in [-0.1, -0.05) is 0 Å². The first-order chi connectivity index (χ1) is 10.3. The Kier molecular flexibility index (Phi) is 4.17. The van der Waals surface area contributed by atoms with Crippen LogP contribution in [-0.4, -0.2) is 55.3 Å². The van der Waals surface area contributed by atoms with E-state index in [0.29, 0.717) is 17.4 Å². The van der Waals surface area contributed by atoms with E-state index in [1.54, 1.807) is 14.2 Å². The molecular weight excluding hydrogens is 268 g/mol. The summed E-state index contributed by atoms with van der Waals surface area (Å²) in [6, 6.07) is 5.89. The Bertz CT molecular complexity index is 621. The molecule has 0 radical (unpaired) electrons. The Labute approximate surface area is 124 Å². The van der Waals surface area contributed by atoms with Crippen LogP contribution in [0.15, 0.2) is 18.2 Å². The van der Waals surface area contributed by atoms with Crippen LogP contribution in [0, 0.1) is 0 Å². The van der Waals surface area contributed by atoms with Crippen LogP contribution in [0.1, 0.15) is 5.56 Å². The maximum Gasteiger partial charge on any atom is 0.215 e. The van der Waals surface area contributed by atoms with Gasteiger partial charge < -0.3 is 14.8 Å². The molecule has 0 bridgehead atoms. The van der Waals surface area contributed by atoms with Crippen LogP contribution in [0.5, 0.6) is 11.8 Å². The second-order valence-electron chi connectivity index (χ2n) is 5.07. The monoisotopic (exact) mass is 288 g/mol. The lowest BCUT2D eigenvalue weighted by molar-refractivity contribution is 0.233. The van der Waals surface area contributed by atoms with Crippen molar-refractivity contribution in [1.29, 1.82) is 0 Å². The van der Waals surface area contributed by atoms with Crippen LogP contribution < -0.4 is 14.8 Å². The first kappa shape index (κ1) is 14.0. The van der Waals surface area contributed by atoms with Crippen molar-refractivity contribution in [2.24, 2.45) is 0 Å². The van der Waals surface area contributed by atoms with E-state index >= 15 is 0 Å². The largest absolute Gasteiger partial charge is 0.481 e. The average molecular weight is 288 g/mol. The molecule has 21 heavy (non-hydrogen) atoms. The van der Waals surface area contributed by atoms with Crippen molar-refractivity contribution in [2.45, 2.75) is 6.54 Å². The summed E-state index contributed by atoms with van der Waals surface area (Å²) in [6.07, 6.45) is 0. The fourth-order valence-electron chi connectivity index (χ4n) is 2.59. The van der Waals surface area contributed by atoms with E-state index in [1.165, 1.54) is 5.56 Å². The maximum atomic E-state index is 5.30. The zero-order valence-electron chi connectivity index (χ0n) is 12.4. The van der Waals surface area contributed by atoms with Gasteiger partial charge in [0.1, 0.15) is 0 Å². The Balaban J connectivity index is 1.98. The molecule has 0 spiro atoms. The highest BCUT2D eigenvalue weighted by atomic mass is 16.5. The van der Waals surface area contributed by atoms with E-state index in [1.807, 2.05) is 18.2 Å². The fraction of sp³-hybridized carbons (Fsp3) is 0.467. The lowest BCUT2D eigenvalue weighted by atomic mass is 10.1. The molecule has 112 valence electrons. The first-order valence-corrected chi connectivity index (χ1v) is 7.12. The number of piperazine rings is 1. The molecule has 1 aliphatic heterocycles. The number of hydrogen-bond donors (Lipinski definition) is 1. The van der Waals surface area contributed by atoms with Crippen LogP contribution in [0.2, 0.25) is 0 Å². The van der Waals surface area contributed by atoms with E-state index in [9.17, 15) is 0 Å². The number of methoxy groups -OCH3 is 2. The van der Waals surface area contributed by atoms with Gasteiger partial charge in [0.2, 0.25) is 11.8 Å². The van der Waals surface area contributed by atoms with Crippen molar-refractivity contribution in [3.8, 4) is 11.8 Å². The van der Waals surface area contributed by atoms with E-state index < -0.39 is 0 Å². The van der Waals surface area contributed by atoms with Gasteiger partial charge in [-0.15, -0.1) is 0 Å². The van der Waals surface area contributed by atoms with Crippen molar-refractivity contribution in [1.82, 2.24) is 20.2 Å². The molecule has 0 unspecified atom stereocenters. The predicted molar refractivity (Wildman–Crippen MR) is 80.8 cm³/mol. The number of fused-ring (bicyclic) bond motifs is 1. The number of pyridine rings is 2. The highest BCUT2D eigenvalue weighted by molar-refractivity contribution is 5.80. The zero-order chi connectivity index (χ0) is 14.7. The molecule has 0 amide bonds. The smallest absolute Gasteiger partial charge is 0.215 e. The molecule has 1 aliphatic rings. The lowest BCUT2D eigenvalue weighted by Gasteiger charge is -2.27. The van der Waals surface area contributed by atoms with Crippen molar-refractivity contribution >= 4 is 11.0 Å². The van der Waals surface area contributed by atoms with Gasteiger partial charge >= 0.3 is 0 Å². The third kappa shape index (κ3) is 3.06. The number of nitrogens with one attached hydrogen (secondary N) is 1. The molecule has 1 saturated heterocycles. The molecule has 0 aromatic carbocycles. The molecule has 0 atom stereocenters. The summed E-state index contributed by atoms with van der Waals surface area (Å²) >= 11 is 0. The van der Waals surface area contributed by atoms with Crippen LogP contribution >= 0.6 is 0 Å². The number of ether oxygens (including phenoxy) is 2. The van der Waals surface area contributed by atoms with E-state index in [0.717, 1.165) is 38.1 Å². The SMILES string of the molecule is COc1ccc2c(CN3CCNCC3)cc(OC)nc2n1. The Morgan fingerprint density at radius 1 is 1.10 bits per heavy atom. The van der Waals surface area contributed by atoms with Crippen molar-refractivity contribution in [2.75, 3.05) is 40.4 Å². The summed E-state index contributed by atoms with van der Waals surface area (Å²) < 4.78 is 10.5. The van der Waals surface area contributed by atoms with Gasteiger partial charge in [0.05, 0.1) is 14.2 Å². The summed E-state index contributed by atoms with van der Waals surface area (Å²) in [7, 11) is 3.24. The third-order valence-electron chi connectivity index (χ3n) is 3.73. The second-order valence-corrected chi connectivity index (χ2v) is 5.07. The Morgan fingerprint density at radius 3 is 2.52 bits per heavy atom. The highest BCUT2D eigenvalue weighted by Gasteiger charge is 2.14. The minimum atomic E-state index is 0.566. The highest BCUT2D eigenvalue weighted by Crippen LogP contribution is 2.24. The normalized spacial score (nSPS) is 16.1. The molecule has 0 saturated carbocycles. The molecular formula is C15H20N4O2. The molecule has 3 rings (SSSR count). The van der Waals surface area contributed by atoms with Crippen LogP contribution in [0.25, 0.3) is 11.0 Å². The predicted octanol–water partition coefficient (Wildman–Crippen LogP) is 1.05. The Hall–Kier alpha value is -1.92. The summed E-state index contributed by atoms with van der Waals surface area (Å²) in [5.74, 6) is 1.16. The molecule has 0 aliphatic carbocycles. The summed E-state index contributed by atoms with van der Waals surface area (Å²) in [5, 5.41) is 4.42. The minimum absolute atomic E-state index is 0.566. The van der Waals surface area contributed by atoms with E-state index in [2.05, 4.69) is 20.2 Å². The van der Waals surface area contributed by atoms with Crippen LogP contribution in [-0.2, 0) is 6.54 Å². The van der Waals surface area contributed by atoms with Gasteiger partial charge in [-0.05, 0) is 11.6 Å². The van der Waals surface area contributed by atoms with Gasteiger partial charge in [0, 0.05) is 50.2 Å². The van der Waals surface area contributed by atoms with Crippen molar-refractivity contribution in [3.05, 3.63) is 23.8 Å². The summed E-state index contributed by atoms with van der Waals surface area (Å²) in [4.78, 5) is 11.2. The molecule has 3 heterocycles. The number of nitrogens with zero attached hydrogens (tertiary/aromatic N) is 3. The number of rotatable bonds is 4. The van der Waals surface area contributed by atoms with Crippen molar-refractivity contribution < 1.29 is 9.47 Å². The molecule has 1 fully saturated rings. The van der Waals surface area contributed by atoms with Crippen molar-refractivity contribution in [3.63, 3.8) is 0 Å². The molecule has 2 aromatic rings. The maximum absolute atomic E-state index is 5.30. The number of hydrogen-bond acceptors (Lipinski definition) is 6. The van der Waals surface area contributed by atoms with Crippen LogP contribution in [0.4, 0.5) is 0 Å².